The Morgan fingerprint density at radius 2 is 0.979 bits per heavy atom. The molecule has 47 heavy (non-hydrogen) atoms. The van der Waals surface area contributed by atoms with Gasteiger partial charge in [0.05, 0.1) is 11.4 Å². The number of halogens is 1. The van der Waals surface area contributed by atoms with Crippen LogP contribution in [0.5, 0.6) is 0 Å². The number of hydrogen-bond donors (Lipinski definition) is 2. The van der Waals surface area contributed by atoms with Crippen LogP contribution in [0, 0.1) is 24.7 Å². The number of hydrogen-bond acceptors (Lipinski definition) is 5. The molecule has 0 saturated carbocycles. The third-order valence-corrected chi connectivity index (χ3v) is 9.10. The van der Waals surface area contributed by atoms with E-state index in [1.807, 2.05) is 12.2 Å². The number of carbonyl (C=O) groups is 1. The minimum atomic E-state index is -0.454. The molecule has 2 N–H and O–H groups in total. The Kier molecular flexibility index (Phi) is 14.9. The van der Waals surface area contributed by atoms with Crippen molar-refractivity contribution in [2.75, 3.05) is 39.3 Å². The van der Waals surface area contributed by atoms with Gasteiger partial charge >= 0.3 is 6.03 Å². The average molecular weight is 661 g/mol. The molecule has 0 radical (unpaired) electrons. The van der Waals surface area contributed by atoms with Crippen LogP contribution in [0.3, 0.4) is 0 Å². The van der Waals surface area contributed by atoms with Crippen LogP contribution in [0.25, 0.3) is 12.2 Å². The average Bonchev–Trinajstić information content (AvgIpc) is 3.03. The molecule has 4 rings (SSSR count). The quantitative estimate of drug-likeness (QED) is 0.177. The molecule has 8 heteroatoms. The van der Waals surface area contributed by atoms with Gasteiger partial charge in [0.25, 0.3) is 0 Å². The van der Waals surface area contributed by atoms with E-state index in [-0.39, 0.29) is 23.2 Å². The fourth-order valence-electron chi connectivity index (χ4n) is 6.30. The molecule has 256 valence electrons. The fraction of sp³-hybridized carbons (Fsp3) is 0.513. The van der Waals surface area contributed by atoms with Crippen LogP contribution < -0.4 is 10.9 Å². The molecule has 2 amide bonds. The van der Waals surface area contributed by atoms with Gasteiger partial charge in [0.1, 0.15) is 0 Å². The van der Waals surface area contributed by atoms with Crippen molar-refractivity contribution in [3.8, 4) is 0 Å². The standard InChI is InChI=1S/C39H56N6O.ClH/c1-31-13-17-33(18-14-31)21-23-35(38(3,4)29-44-25-9-7-10-26-44)40-42-37(46)43-41-36(24-22-34-19-15-32(2)16-20-34)39(5,6)30-45-27-11-8-12-28-45;/h13-24H,7-12,25-30H2,1-6H3,(H2,42,43,46);1H/b23-21+,24-22+,40-35-,41-36-;. The highest BCUT2D eigenvalue weighted by Crippen LogP contribution is 2.25. The van der Waals surface area contributed by atoms with Gasteiger partial charge in [-0.3, -0.25) is 0 Å². The molecule has 2 heterocycles. The molecule has 0 spiro atoms. The first-order valence-electron chi connectivity index (χ1n) is 17.2. The zero-order chi connectivity index (χ0) is 33.0. The Hall–Kier alpha value is -3.26. The lowest BCUT2D eigenvalue weighted by atomic mass is 9.85. The molecule has 0 aliphatic carbocycles. The van der Waals surface area contributed by atoms with Gasteiger partial charge in [-0.25, -0.2) is 15.6 Å². The van der Waals surface area contributed by atoms with Gasteiger partial charge in [-0.15, -0.1) is 12.4 Å². The molecule has 2 aromatic rings. The third-order valence-electron chi connectivity index (χ3n) is 9.10. The second-order valence-corrected chi connectivity index (χ2v) is 14.5. The first-order chi connectivity index (χ1) is 22.0. The van der Waals surface area contributed by atoms with Gasteiger partial charge in [0.15, 0.2) is 0 Å². The Morgan fingerprint density at radius 1 is 0.638 bits per heavy atom. The van der Waals surface area contributed by atoms with E-state index in [1.165, 1.54) is 49.7 Å². The van der Waals surface area contributed by atoms with Crippen molar-refractivity contribution in [1.29, 1.82) is 0 Å². The van der Waals surface area contributed by atoms with Crippen LogP contribution in [-0.2, 0) is 0 Å². The van der Waals surface area contributed by atoms with Gasteiger partial charge in [0.2, 0.25) is 0 Å². The smallest absolute Gasteiger partial charge is 0.302 e. The van der Waals surface area contributed by atoms with Gasteiger partial charge in [-0.1, -0.05) is 112 Å². The Labute approximate surface area is 290 Å². The van der Waals surface area contributed by atoms with E-state index in [2.05, 4.69) is 133 Å². The second kappa shape index (κ2) is 18.3. The summed E-state index contributed by atoms with van der Waals surface area (Å²) in [5, 5.41) is 9.35. The number of rotatable bonds is 12. The highest BCUT2D eigenvalue weighted by molar-refractivity contribution is 6.03. The normalized spacial score (nSPS) is 17.6. The van der Waals surface area contributed by atoms with E-state index in [0.29, 0.717) is 0 Å². The highest BCUT2D eigenvalue weighted by Gasteiger charge is 2.29. The van der Waals surface area contributed by atoms with Crippen LogP contribution in [0.1, 0.15) is 88.5 Å². The largest absolute Gasteiger partial charge is 0.355 e. The fourth-order valence-corrected chi connectivity index (χ4v) is 6.30. The van der Waals surface area contributed by atoms with Gasteiger partial charge in [-0.2, -0.15) is 10.2 Å². The van der Waals surface area contributed by atoms with Crippen molar-refractivity contribution < 1.29 is 4.79 Å². The number of carbonyl (C=O) groups excluding carboxylic acids is 1. The molecule has 2 aromatic carbocycles. The lowest BCUT2D eigenvalue weighted by Crippen LogP contribution is -2.43. The minimum Gasteiger partial charge on any atom is -0.302 e. The molecule has 2 aliphatic heterocycles. The molecule has 2 aliphatic rings. The van der Waals surface area contributed by atoms with E-state index in [9.17, 15) is 4.79 Å². The summed E-state index contributed by atoms with van der Waals surface area (Å²) in [7, 11) is 0. The number of benzene rings is 2. The molecule has 7 nitrogen and oxygen atoms in total. The zero-order valence-electron chi connectivity index (χ0n) is 29.5. The number of urea groups is 1. The second-order valence-electron chi connectivity index (χ2n) is 14.5. The summed E-state index contributed by atoms with van der Waals surface area (Å²) in [6.07, 6.45) is 15.7. The van der Waals surface area contributed by atoms with Crippen molar-refractivity contribution in [3.63, 3.8) is 0 Å². The lowest BCUT2D eigenvalue weighted by Gasteiger charge is -2.35. The topological polar surface area (TPSA) is 72.3 Å². The summed E-state index contributed by atoms with van der Waals surface area (Å²) in [5.41, 5.74) is 11.3. The van der Waals surface area contributed by atoms with E-state index in [4.69, 9.17) is 0 Å². The lowest BCUT2D eigenvalue weighted by molar-refractivity contribution is 0.186. The molecule has 0 atom stereocenters. The summed E-state index contributed by atoms with van der Waals surface area (Å²) >= 11 is 0. The minimum absolute atomic E-state index is 0. The van der Waals surface area contributed by atoms with Crippen molar-refractivity contribution in [2.45, 2.75) is 80.1 Å². The number of allylic oxidation sites excluding steroid dienone is 2. The van der Waals surface area contributed by atoms with E-state index < -0.39 is 6.03 Å². The van der Waals surface area contributed by atoms with Crippen LogP contribution in [0.4, 0.5) is 4.79 Å². The van der Waals surface area contributed by atoms with Crippen molar-refractivity contribution in [2.24, 2.45) is 21.0 Å². The maximum Gasteiger partial charge on any atom is 0.355 e. The van der Waals surface area contributed by atoms with E-state index >= 15 is 0 Å². The number of nitrogens with zero attached hydrogens (tertiary/aromatic N) is 4. The van der Waals surface area contributed by atoms with E-state index in [1.54, 1.807) is 0 Å². The summed E-state index contributed by atoms with van der Waals surface area (Å²) < 4.78 is 0. The predicted molar refractivity (Wildman–Crippen MR) is 202 cm³/mol. The van der Waals surface area contributed by atoms with Crippen molar-refractivity contribution in [3.05, 3.63) is 82.9 Å². The number of nitrogens with one attached hydrogen (secondary N) is 2. The Morgan fingerprint density at radius 3 is 1.32 bits per heavy atom. The van der Waals surface area contributed by atoms with Crippen LogP contribution in [-0.4, -0.2) is 66.5 Å². The number of piperidine rings is 2. The molecule has 0 bridgehead atoms. The monoisotopic (exact) mass is 660 g/mol. The van der Waals surface area contributed by atoms with E-state index in [0.717, 1.165) is 61.8 Å². The Bertz CT molecular complexity index is 1270. The van der Waals surface area contributed by atoms with Crippen molar-refractivity contribution in [1.82, 2.24) is 20.7 Å². The number of likely N-dealkylation sites (tertiary alicyclic amines) is 2. The zero-order valence-corrected chi connectivity index (χ0v) is 30.3. The maximum atomic E-state index is 13.2. The molecule has 0 unspecified atom stereocenters. The summed E-state index contributed by atoms with van der Waals surface area (Å²) in [4.78, 5) is 18.2. The van der Waals surface area contributed by atoms with Crippen LogP contribution >= 0.6 is 12.4 Å². The number of hydrazone groups is 2. The molecular formula is C39H57ClN6O. The van der Waals surface area contributed by atoms with Crippen LogP contribution in [0.15, 0.2) is 70.9 Å². The predicted octanol–water partition coefficient (Wildman–Crippen LogP) is 8.49. The van der Waals surface area contributed by atoms with Gasteiger partial charge in [0, 0.05) is 23.9 Å². The number of aryl methyl sites for hydroxylation is 2. The maximum absolute atomic E-state index is 13.2. The molecule has 0 aromatic heterocycles. The highest BCUT2D eigenvalue weighted by atomic mass is 35.5. The molecular weight excluding hydrogens is 604 g/mol. The summed E-state index contributed by atoms with van der Waals surface area (Å²) in [6, 6.07) is 16.4. The van der Waals surface area contributed by atoms with Gasteiger partial charge < -0.3 is 9.80 Å². The Balaban J connectivity index is 0.00000600. The van der Waals surface area contributed by atoms with Gasteiger partial charge in [-0.05, 0) is 89.0 Å². The SMILES string of the molecule is Cc1ccc(/C=C/C(=N/NC(=O)N/N=C(/C=C/c2ccc(C)cc2)C(C)(C)CN2CCCCC2)C(C)(C)CN2CCCCC2)cc1.Cl. The first-order valence-corrected chi connectivity index (χ1v) is 17.2. The summed E-state index contributed by atoms with van der Waals surface area (Å²) in [5.74, 6) is 0. The summed E-state index contributed by atoms with van der Waals surface area (Å²) in [6.45, 7) is 19.2. The van der Waals surface area contributed by atoms with Crippen LogP contribution in [0.2, 0.25) is 0 Å². The molecule has 2 saturated heterocycles. The van der Waals surface area contributed by atoms with Crippen molar-refractivity contribution >= 4 is 42.0 Å². The molecule has 2 fully saturated rings. The number of amides is 2. The third kappa shape index (κ3) is 12.7. The first kappa shape index (κ1) is 38.2.